The number of pyridine rings is 1. The number of ether oxygens (including phenoxy) is 1. The molecule has 5 nitrogen and oxygen atoms in total. The minimum Gasteiger partial charge on any atom is -0.504 e. The quantitative estimate of drug-likeness (QED) is 0.788. The van der Waals surface area contributed by atoms with Crippen LogP contribution in [0.3, 0.4) is 0 Å². The molecule has 0 fully saturated rings. The number of carboxylic acid groups (broad SMARTS) is 1. The molecule has 0 atom stereocenters. The Kier molecular flexibility index (Phi) is 4.60. The Hall–Kier alpha value is -1.70. The Morgan fingerprint density at radius 3 is 2.72 bits per heavy atom. The van der Waals surface area contributed by atoms with Crippen LogP contribution in [0.1, 0.15) is 5.56 Å². The van der Waals surface area contributed by atoms with Crippen LogP contribution in [0.25, 0.3) is 10.8 Å². The maximum absolute atomic E-state index is 10.7. The number of carboxylic acids is 1. The van der Waals surface area contributed by atoms with Crippen molar-refractivity contribution in [2.75, 3.05) is 7.11 Å². The topological polar surface area (TPSA) is 79.7 Å². The number of carbonyl (C=O) groups is 1. The van der Waals surface area contributed by atoms with Gasteiger partial charge in [-0.25, -0.2) is 0 Å². The second-order valence-electron chi connectivity index (χ2n) is 3.61. The molecule has 2 N–H and O–H groups in total. The maximum atomic E-state index is 10.7. The van der Waals surface area contributed by atoms with Gasteiger partial charge in [0.2, 0.25) is 0 Å². The van der Waals surface area contributed by atoms with Gasteiger partial charge in [-0.05, 0) is 23.1 Å². The summed E-state index contributed by atoms with van der Waals surface area (Å²) in [6.07, 6.45) is 2.96. The van der Waals surface area contributed by atoms with Gasteiger partial charge in [-0.15, -0.1) is 0 Å². The fourth-order valence-corrected chi connectivity index (χ4v) is 1.71. The van der Waals surface area contributed by atoms with Crippen LogP contribution >= 0.6 is 0 Å². The van der Waals surface area contributed by atoms with Crippen LogP contribution in [0.15, 0.2) is 24.5 Å². The zero-order valence-corrected chi connectivity index (χ0v) is 10.2. The number of aromatic nitrogens is 1. The van der Waals surface area contributed by atoms with Crippen LogP contribution in [0.5, 0.6) is 11.5 Å². The van der Waals surface area contributed by atoms with Gasteiger partial charge in [-0.1, -0.05) is 0 Å². The molecule has 0 bridgehead atoms. The molecular weight excluding hydrogens is 229 g/mol. The van der Waals surface area contributed by atoms with Gasteiger partial charge in [0, 0.05) is 36.6 Å². The first-order chi connectivity index (χ1) is 8.11. The molecule has 1 radical (unpaired) electrons. The number of phenolic OH excluding ortho intramolecular Hbond substituents is 1. The smallest absolute Gasteiger partial charge is 0.307 e. The van der Waals surface area contributed by atoms with E-state index in [4.69, 9.17) is 9.84 Å². The normalized spacial score (nSPS) is 9.83. The van der Waals surface area contributed by atoms with Crippen LogP contribution in [0, 0.1) is 0 Å². The molecule has 2 rings (SSSR count). The van der Waals surface area contributed by atoms with E-state index in [0.29, 0.717) is 16.7 Å². The summed E-state index contributed by atoms with van der Waals surface area (Å²) in [5, 5.41) is 19.8. The van der Waals surface area contributed by atoms with Crippen molar-refractivity contribution in [3.8, 4) is 11.5 Å². The van der Waals surface area contributed by atoms with Crippen molar-refractivity contribution in [2.45, 2.75) is 6.42 Å². The molecule has 6 heteroatoms. The van der Waals surface area contributed by atoms with Crippen molar-refractivity contribution in [2.24, 2.45) is 0 Å². The van der Waals surface area contributed by atoms with E-state index in [9.17, 15) is 9.90 Å². The maximum Gasteiger partial charge on any atom is 0.307 e. The Morgan fingerprint density at radius 2 is 2.11 bits per heavy atom. The summed E-state index contributed by atoms with van der Waals surface area (Å²) in [6.45, 7) is 0. The number of aliphatic carboxylic acids is 1. The van der Waals surface area contributed by atoms with Gasteiger partial charge in [-0.2, -0.15) is 0 Å². The Bertz CT molecular complexity index is 586. The number of fused-ring (bicyclic) bond motifs is 1. The Balaban J connectivity index is 0.00000162. The SMILES string of the molecule is COc1cc2c(CC(=O)O)cncc2cc1O.[Li]. The van der Waals surface area contributed by atoms with Crippen molar-refractivity contribution < 1.29 is 19.7 Å². The van der Waals surface area contributed by atoms with Gasteiger partial charge in [0.1, 0.15) is 0 Å². The molecule has 89 valence electrons. The number of methoxy groups -OCH3 is 1. The van der Waals surface area contributed by atoms with E-state index in [2.05, 4.69) is 4.98 Å². The summed E-state index contributed by atoms with van der Waals surface area (Å²) in [4.78, 5) is 14.7. The molecule has 0 saturated heterocycles. The van der Waals surface area contributed by atoms with Crippen molar-refractivity contribution in [3.63, 3.8) is 0 Å². The summed E-state index contributed by atoms with van der Waals surface area (Å²) < 4.78 is 5.00. The van der Waals surface area contributed by atoms with E-state index < -0.39 is 5.97 Å². The van der Waals surface area contributed by atoms with Gasteiger partial charge in [-0.3, -0.25) is 9.78 Å². The monoisotopic (exact) mass is 240 g/mol. The van der Waals surface area contributed by atoms with Crippen molar-refractivity contribution in [3.05, 3.63) is 30.1 Å². The molecule has 0 saturated carbocycles. The molecule has 0 aliphatic rings. The molecular formula is C12H11LiNO4. The Labute approximate surface area is 116 Å². The van der Waals surface area contributed by atoms with Crippen molar-refractivity contribution >= 4 is 35.6 Å². The van der Waals surface area contributed by atoms with Crippen molar-refractivity contribution in [1.29, 1.82) is 0 Å². The van der Waals surface area contributed by atoms with Gasteiger partial charge in [0.15, 0.2) is 11.5 Å². The number of nitrogens with zero attached hydrogens (tertiary/aromatic N) is 1. The summed E-state index contributed by atoms with van der Waals surface area (Å²) in [6, 6.07) is 3.12. The average Bonchev–Trinajstić information content (AvgIpc) is 2.27. The average molecular weight is 240 g/mol. The number of hydrogen-bond donors (Lipinski definition) is 2. The zero-order chi connectivity index (χ0) is 12.4. The summed E-state index contributed by atoms with van der Waals surface area (Å²) in [7, 11) is 1.44. The zero-order valence-electron chi connectivity index (χ0n) is 10.2. The number of hydrogen-bond acceptors (Lipinski definition) is 4. The molecule has 0 spiro atoms. The van der Waals surface area contributed by atoms with E-state index in [1.807, 2.05) is 0 Å². The van der Waals surface area contributed by atoms with Crippen LogP contribution in [-0.2, 0) is 11.2 Å². The van der Waals surface area contributed by atoms with Crippen molar-refractivity contribution in [1.82, 2.24) is 4.98 Å². The number of phenols is 1. The van der Waals surface area contributed by atoms with E-state index in [1.54, 1.807) is 12.3 Å². The van der Waals surface area contributed by atoms with Gasteiger partial charge in [0.25, 0.3) is 0 Å². The largest absolute Gasteiger partial charge is 0.504 e. The first kappa shape index (κ1) is 14.4. The third-order valence-electron chi connectivity index (χ3n) is 2.48. The third-order valence-corrected chi connectivity index (χ3v) is 2.48. The molecule has 1 heterocycles. The third kappa shape index (κ3) is 2.75. The summed E-state index contributed by atoms with van der Waals surface area (Å²) >= 11 is 0. The first-order valence-electron chi connectivity index (χ1n) is 4.97. The number of aromatic hydroxyl groups is 1. The summed E-state index contributed by atoms with van der Waals surface area (Å²) in [5.74, 6) is -0.601. The van der Waals surface area contributed by atoms with Gasteiger partial charge < -0.3 is 14.9 Å². The number of rotatable bonds is 3. The molecule has 2 aromatic rings. The molecule has 0 aliphatic carbocycles. The molecule has 0 unspecified atom stereocenters. The van der Waals surface area contributed by atoms with Crippen LogP contribution in [0.2, 0.25) is 0 Å². The molecule has 1 aromatic carbocycles. The molecule has 1 aromatic heterocycles. The standard InChI is InChI=1S/C12H11NO4.Li/c1-17-11-4-9-7(2-10(11)14)5-13-6-8(9)3-12(15)16;/h2,4-6,14H,3H2,1H3,(H,15,16);. The van der Waals surface area contributed by atoms with Crippen LogP contribution < -0.4 is 4.74 Å². The second kappa shape index (κ2) is 5.76. The van der Waals surface area contributed by atoms with Gasteiger partial charge >= 0.3 is 5.97 Å². The van der Waals surface area contributed by atoms with Crippen LogP contribution in [-0.4, -0.2) is 47.1 Å². The van der Waals surface area contributed by atoms with E-state index in [-0.39, 0.29) is 31.0 Å². The molecule has 18 heavy (non-hydrogen) atoms. The minimum absolute atomic E-state index is 0. The fraction of sp³-hybridized carbons (Fsp3) is 0.167. The predicted octanol–water partition coefficient (Wildman–Crippen LogP) is 1.20. The Morgan fingerprint density at radius 1 is 1.39 bits per heavy atom. The first-order valence-corrected chi connectivity index (χ1v) is 4.97. The van der Waals surface area contributed by atoms with E-state index in [0.717, 1.165) is 5.39 Å². The van der Waals surface area contributed by atoms with Gasteiger partial charge in [0.05, 0.1) is 13.5 Å². The second-order valence-corrected chi connectivity index (χ2v) is 3.61. The summed E-state index contributed by atoms with van der Waals surface area (Å²) in [5.41, 5.74) is 0.591. The minimum atomic E-state index is -0.925. The fourth-order valence-electron chi connectivity index (χ4n) is 1.71. The van der Waals surface area contributed by atoms with Crippen LogP contribution in [0.4, 0.5) is 0 Å². The number of benzene rings is 1. The molecule has 0 aliphatic heterocycles. The molecule has 0 amide bonds. The van der Waals surface area contributed by atoms with E-state index >= 15 is 0 Å². The van der Waals surface area contributed by atoms with E-state index in [1.165, 1.54) is 19.4 Å². The predicted molar refractivity (Wildman–Crippen MR) is 67.1 cm³/mol.